The van der Waals surface area contributed by atoms with E-state index < -0.39 is 5.82 Å². The van der Waals surface area contributed by atoms with Gasteiger partial charge in [0.25, 0.3) is 0 Å². The molecule has 0 atom stereocenters. The largest absolute Gasteiger partial charge is 0.409 e. The Bertz CT molecular complexity index is 631. The number of benzene rings is 1. The van der Waals surface area contributed by atoms with Crippen LogP contribution in [-0.2, 0) is 13.1 Å². The Balaban J connectivity index is 2.15. The fraction of sp³-hybridized carbons (Fsp3) is 0.200. The second kappa shape index (κ2) is 6.81. The van der Waals surface area contributed by atoms with E-state index in [2.05, 4.69) is 10.1 Å². The fourth-order valence-electron chi connectivity index (χ4n) is 2.13. The van der Waals surface area contributed by atoms with Crippen molar-refractivity contribution in [2.75, 3.05) is 7.05 Å². The molecule has 0 spiro atoms. The molecular weight excluding hydrogens is 271 g/mol. The van der Waals surface area contributed by atoms with Gasteiger partial charge in [0, 0.05) is 31.0 Å². The summed E-state index contributed by atoms with van der Waals surface area (Å²) in [5.74, 6) is -0.519. The minimum atomic E-state index is -0.421. The fourth-order valence-corrected chi connectivity index (χ4v) is 2.13. The first-order chi connectivity index (χ1) is 10.1. The van der Waals surface area contributed by atoms with Crippen LogP contribution in [0.1, 0.15) is 16.7 Å². The van der Waals surface area contributed by atoms with Crippen LogP contribution in [0, 0.1) is 5.82 Å². The quantitative estimate of drug-likeness (QED) is 0.382. The van der Waals surface area contributed by atoms with Crippen molar-refractivity contribution >= 4 is 5.84 Å². The molecule has 0 saturated carbocycles. The molecule has 6 heteroatoms. The molecule has 0 amide bonds. The minimum absolute atomic E-state index is 0.0979. The maximum Gasteiger partial charge on any atom is 0.170 e. The molecule has 0 saturated heterocycles. The van der Waals surface area contributed by atoms with Crippen molar-refractivity contribution in [1.29, 1.82) is 0 Å². The number of nitrogens with zero attached hydrogens (tertiary/aromatic N) is 3. The second-order valence-electron chi connectivity index (χ2n) is 4.82. The number of hydrogen-bond donors (Lipinski definition) is 2. The Kier molecular flexibility index (Phi) is 4.84. The smallest absolute Gasteiger partial charge is 0.170 e. The van der Waals surface area contributed by atoms with E-state index >= 15 is 0 Å². The van der Waals surface area contributed by atoms with E-state index in [9.17, 15) is 4.39 Å². The molecule has 2 aromatic rings. The van der Waals surface area contributed by atoms with Crippen LogP contribution in [0.3, 0.4) is 0 Å². The van der Waals surface area contributed by atoms with Gasteiger partial charge >= 0.3 is 0 Å². The normalized spacial score (nSPS) is 11.9. The second-order valence-corrected chi connectivity index (χ2v) is 4.82. The summed E-state index contributed by atoms with van der Waals surface area (Å²) in [6.45, 7) is 1.24. The lowest BCUT2D eigenvalue weighted by Gasteiger charge is -2.18. The third-order valence-corrected chi connectivity index (χ3v) is 3.07. The van der Waals surface area contributed by atoms with Crippen molar-refractivity contribution in [1.82, 2.24) is 9.88 Å². The van der Waals surface area contributed by atoms with Gasteiger partial charge in [-0.05, 0) is 36.4 Å². The highest BCUT2D eigenvalue weighted by Gasteiger charge is 2.11. The van der Waals surface area contributed by atoms with Gasteiger partial charge in [0.05, 0.1) is 0 Å². The van der Waals surface area contributed by atoms with E-state index in [4.69, 9.17) is 10.9 Å². The Morgan fingerprint density at radius 1 is 1.38 bits per heavy atom. The Morgan fingerprint density at radius 2 is 2.19 bits per heavy atom. The molecule has 1 heterocycles. The van der Waals surface area contributed by atoms with Crippen molar-refractivity contribution in [2.24, 2.45) is 10.9 Å². The molecule has 3 N–H and O–H groups in total. The van der Waals surface area contributed by atoms with Crippen LogP contribution < -0.4 is 5.73 Å². The lowest BCUT2D eigenvalue weighted by atomic mass is 10.1. The van der Waals surface area contributed by atoms with E-state index in [0.717, 1.165) is 11.1 Å². The zero-order chi connectivity index (χ0) is 15.2. The van der Waals surface area contributed by atoms with E-state index in [1.807, 2.05) is 24.1 Å². The maximum atomic E-state index is 13.3. The highest BCUT2D eigenvalue weighted by molar-refractivity contribution is 5.98. The Hall–Kier alpha value is -2.47. The van der Waals surface area contributed by atoms with Crippen LogP contribution in [0.15, 0.2) is 47.9 Å². The summed E-state index contributed by atoms with van der Waals surface area (Å²) >= 11 is 0. The lowest BCUT2D eigenvalue weighted by molar-refractivity contribution is 0.315. The molecule has 5 nitrogen and oxygen atoms in total. The molecule has 2 rings (SSSR count). The number of aromatic nitrogens is 1. The molecule has 110 valence electrons. The lowest BCUT2D eigenvalue weighted by Crippen LogP contribution is -2.22. The zero-order valence-corrected chi connectivity index (χ0v) is 11.7. The molecule has 0 unspecified atom stereocenters. The van der Waals surface area contributed by atoms with E-state index in [1.54, 1.807) is 18.5 Å². The topological polar surface area (TPSA) is 74.7 Å². The van der Waals surface area contributed by atoms with E-state index in [-0.39, 0.29) is 5.84 Å². The van der Waals surface area contributed by atoms with E-state index in [1.165, 1.54) is 12.1 Å². The summed E-state index contributed by atoms with van der Waals surface area (Å²) < 4.78 is 13.3. The Labute approximate surface area is 122 Å². The van der Waals surface area contributed by atoms with Gasteiger partial charge < -0.3 is 10.9 Å². The average Bonchev–Trinajstić information content (AvgIpc) is 2.49. The number of halogens is 1. The number of oxime groups is 1. The molecule has 0 aliphatic rings. The third kappa shape index (κ3) is 4.00. The van der Waals surface area contributed by atoms with Gasteiger partial charge in [-0.3, -0.25) is 9.88 Å². The van der Waals surface area contributed by atoms with Gasteiger partial charge in [0.15, 0.2) is 5.84 Å². The van der Waals surface area contributed by atoms with Crippen LogP contribution in [0.2, 0.25) is 0 Å². The summed E-state index contributed by atoms with van der Waals surface area (Å²) in [4.78, 5) is 6.11. The van der Waals surface area contributed by atoms with Gasteiger partial charge in [-0.1, -0.05) is 17.3 Å². The summed E-state index contributed by atoms with van der Waals surface area (Å²) in [6.07, 6.45) is 3.52. The van der Waals surface area contributed by atoms with Crippen LogP contribution in [-0.4, -0.2) is 28.0 Å². The molecule has 0 radical (unpaired) electrons. The van der Waals surface area contributed by atoms with Gasteiger partial charge in [0.1, 0.15) is 5.82 Å². The van der Waals surface area contributed by atoms with Crippen LogP contribution >= 0.6 is 0 Å². The minimum Gasteiger partial charge on any atom is -0.409 e. The average molecular weight is 288 g/mol. The highest BCUT2D eigenvalue weighted by atomic mass is 19.1. The van der Waals surface area contributed by atoms with Crippen molar-refractivity contribution in [2.45, 2.75) is 13.1 Å². The van der Waals surface area contributed by atoms with Crippen molar-refractivity contribution in [3.8, 4) is 0 Å². The van der Waals surface area contributed by atoms with E-state index in [0.29, 0.717) is 18.7 Å². The monoisotopic (exact) mass is 288 g/mol. The molecule has 0 aliphatic carbocycles. The number of amidine groups is 1. The molecule has 0 bridgehead atoms. The van der Waals surface area contributed by atoms with Crippen LogP contribution in [0.5, 0.6) is 0 Å². The Morgan fingerprint density at radius 3 is 2.86 bits per heavy atom. The number of rotatable bonds is 5. The van der Waals surface area contributed by atoms with Gasteiger partial charge in [-0.25, -0.2) is 4.39 Å². The molecule has 0 aliphatic heterocycles. The first-order valence-electron chi connectivity index (χ1n) is 6.44. The third-order valence-electron chi connectivity index (χ3n) is 3.07. The predicted octanol–water partition coefficient (Wildman–Crippen LogP) is 1.95. The number of pyridine rings is 1. The number of nitrogens with two attached hydrogens (primary N) is 1. The molecule has 0 fully saturated rings. The van der Waals surface area contributed by atoms with Crippen LogP contribution in [0.4, 0.5) is 4.39 Å². The van der Waals surface area contributed by atoms with Gasteiger partial charge in [0.2, 0.25) is 0 Å². The summed E-state index contributed by atoms with van der Waals surface area (Å²) in [7, 11) is 1.94. The maximum absolute atomic E-state index is 13.3. The van der Waals surface area contributed by atoms with Crippen LogP contribution in [0.25, 0.3) is 0 Å². The highest BCUT2D eigenvalue weighted by Crippen LogP contribution is 2.14. The summed E-state index contributed by atoms with van der Waals surface area (Å²) in [5.41, 5.74) is 7.86. The molecule has 1 aromatic carbocycles. The van der Waals surface area contributed by atoms with Gasteiger partial charge in [-0.2, -0.15) is 0 Å². The van der Waals surface area contributed by atoms with Crippen molar-refractivity contribution < 1.29 is 9.60 Å². The first kappa shape index (κ1) is 14.9. The van der Waals surface area contributed by atoms with Gasteiger partial charge in [-0.15, -0.1) is 0 Å². The number of hydrogen-bond acceptors (Lipinski definition) is 4. The van der Waals surface area contributed by atoms with Crippen molar-refractivity contribution in [3.05, 3.63) is 65.2 Å². The van der Waals surface area contributed by atoms with Crippen molar-refractivity contribution in [3.63, 3.8) is 0 Å². The first-order valence-corrected chi connectivity index (χ1v) is 6.44. The zero-order valence-electron chi connectivity index (χ0n) is 11.7. The molecule has 1 aromatic heterocycles. The summed E-state index contributed by atoms with van der Waals surface area (Å²) in [6, 6.07) is 8.13. The molecular formula is C15H17FN4O. The molecule has 21 heavy (non-hydrogen) atoms. The summed E-state index contributed by atoms with van der Waals surface area (Å²) in [5, 5.41) is 11.7. The SMILES string of the molecule is CN(Cc1cccnc1)Cc1ccc(F)cc1C(N)=NO. The standard InChI is InChI=1S/C15H17FN4O/c1-20(9-11-3-2-6-18-8-11)10-12-4-5-13(16)7-14(12)15(17)19-21/h2-8,21H,9-10H2,1H3,(H2,17,19). The predicted molar refractivity (Wildman–Crippen MR) is 78.3 cm³/mol.